The molecule has 2 heterocycles. The molecule has 2 aliphatic rings. The van der Waals surface area contributed by atoms with E-state index in [-0.39, 0.29) is 12.1 Å². The van der Waals surface area contributed by atoms with Gasteiger partial charge in [0.1, 0.15) is 5.56 Å². The number of aromatic nitrogens is 1. The lowest BCUT2D eigenvalue weighted by atomic mass is 9.95. The van der Waals surface area contributed by atoms with Gasteiger partial charge in [-0.3, -0.25) is 9.59 Å². The Kier molecular flexibility index (Phi) is 6.76. The summed E-state index contributed by atoms with van der Waals surface area (Å²) < 4.78 is 26.3. The van der Waals surface area contributed by atoms with Gasteiger partial charge < -0.3 is 19.9 Å². The molecule has 1 unspecified atom stereocenters. The summed E-state index contributed by atoms with van der Waals surface area (Å²) in [5.74, 6) is -0.476. The van der Waals surface area contributed by atoms with Crippen molar-refractivity contribution in [3.63, 3.8) is 0 Å². The molecular weight excluding hydrogens is 428 g/mol. The largest absolute Gasteiger partial charge is 0.378 e. The topological polar surface area (TPSA) is 115 Å². The zero-order chi connectivity index (χ0) is 22.6. The van der Waals surface area contributed by atoms with Crippen molar-refractivity contribution in [3.05, 3.63) is 69.0 Å². The van der Waals surface area contributed by atoms with Gasteiger partial charge in [0.25, 0.3) is 11.5 Å². The number of carbonyl (C=O) groups excluding carboxylic acids is 1. The first-order valence-electron chi connectivity index (χ1n) is 10.9. The average Bonchev–Trinajstić information content (AvgIpc) is 2.82. The molecule has 1 fully saturated rings. The van der Waals surface area contributed by atoms with Gasteiger partial charge in [-0.15, -0.1) is 0 Å². The van der Waals surface area contributed by atoms with Gasteiger partial charge in [0.05, 0.1) is 27.8 Å². The molecule has 0 saturated carbocycles. The third-order valence-electron chi connectivity index (χ3n) is 5.81. The van der Waals surface area contributed by atoms with Crippen LogP contribution in [0.1, 0.15) is 34.5 Å². The van der Waals surface area contributed by atoms with Crippen molar-refractivity contribution >= 4 is 21.3 Å². The van der Waals surface area contributed by atoms with Crippen molar-refractivity contribution in [2.45, 2.75) is 30.6 Å². The van der Waals surface area contributed by atoms with Crippen LogP contribution in [0.4, 0.5) is 5.69 Å². The molecule has 0 spiro atoms. The Bertz CT molecular complexity index is 1160. The first kappa shape index (κ1) is 22.3. The fourth-order valence-corrected chi connectivity index (χ4v) is 5.10. The highest BCUT2D eigenvalue weighted by molar-refractivity contribution is 7.95. The molecule has 1 saturated heterocycles. The van der Waals surface area contributed by atoms with Gasteiger partial charge >= 0.3 is 0 Å². The van der Waals surface area contributed by atoms with Gasteiger partial charge in [0.2, 0.25) is 0 Å². The second-order valence-corrected chi connectivity index (χ2v) is 9.94. The number of H-pyrrole nitrogens is 1. The molecule has 4 rings (SSSR count). The van der Waals surface area contributed by atoms with E-state index in [1.54, 1.807) is 18.2 Å². The number of carbonyl (C=O) groups is 1. The lowest BCUT2D eigenvalue weighted by Gasteiger charge is -2.28. The number of pyridine rings is 1. The highest BCUT2D eigenvalue weighted by Gasteiger charge is 2.17. The van der Waals surface area contributed by atoms with E-state index in [9.17, 15) is 13.8 Å². The molecule has 1 aromatic carbocycles. The van der Waals surface area contributed by atoms with Gasteiger partial charge in [0.15, 0.2) is 0 Å². The molecule has 1 aliphatic carbocycles. The molecule has 0 radical (unpaired) electrons. The molecule has 170 valence electrons. The minimum Gasteiger partial charge on any atom is -0.378 e. The quantitative estimate of drug-likeness (QED) is 0.618. The second kappa shape index (κ2) is 9.70. The number of amides is 1. The van der Waals surface area contributed by atoms with Crippen molar-refractivity contribution in [2.75, 3.05) is 37.7 Å². The molecular formula is C23H28N4O4S. The third kappa shape index (κ3) is 5.11. The SMILES string of the molecule is N=S(=O)(/C=C/CNC(=O)c1cc2c([nH]c1=O)CCCC2)c1ccc(N2CCOCC2)cc1. The zero-order valence-electron chi connectivity index (χ0n) is 17.9. The lowest BCUT2D eigenvalue weighted by molar-refractivity contribution is 0.0956. The number of benzene rings is 1. The minimum atomic E-state index is -3.13. The molecule has 1 amide bonds. The van der Waals surface area contributed by atoms with Gasteiger partial charge in [-0.1, -0.05) is 6.08 Å². The Morgan fingerprint density at radius 1 is 1.19 bits per heavy atom. The minimum absolute atomic E-state index is 0.0804. The van der Waals surface area contributed by atoms with Crippen molar-refractivity contribution in [2.24, 2.45) is 0 Å². The van der Waals surface area contributed by atoms with E-state index in [0.29, 0.717) is 18.1 Å². The van der Waals surface area contributed by atoms with E-state index in [1.165, 1.54) is 11.5 Å². The first-order valence-corrected chi connectivity index (χ1v) is 12.5. The number of anilines is 1. The van der Waals surface area contributed by atoms with Crippen LogP contribution in [0.25, 0.3) is 0 Å². The van der Waals surface area contributed by atoms with Crippen LogP contribution in [-0.4, -0.2) is 47.9 Å². The molecule has 9 heteroatoms. The fourth-order valence-electron chi connectivity index (χ4n) is 4.03. The highest BCUT2D eigenvalue weighted by atomic mass is 32.2. The maximum atomic E-state index is 12.8. The summed E-state index contributed by atoms with van der Waals surface area (Å²) in [4.78, 5) is 30.1. The molecule has 8 nitrogen and oxygen atoms in total. The van der Waals surface area contributed by atoms with Crippen LogP contribution in [0.5, 0.6) is 0 Å². The summed E-state index contributed by atoms with van der Waals surface area (Å²) in [7, 11) is -3.13. The standard InChI is InChI=1S/C23H28N4O4S/c24-32(30,19-8-6-18(7-9-19)27-11-13-31-14-12-27)15-3-10-25-22(28)20-16-17-4-1-2-5-21(17)26-23(20)29/h3,6-9,15-16,24H,1-2,4-5,10-14H2,(H,25,28)(H,26,29)/b15-3+. The van der Waals surface area contributed by atoms with Crippen molar-refractivity contribution in [1.82, 2.24) is 10.3 Å². The summed E-state index contributed by atoms with van der Waals surface area (Å²) in [6, 6.07) is 8.82. The Hall–Kier alpha value is -2.91. The maximum absolute atomic E-state index is 12.8. The Morgan fingerprint density at radius 3 is 2.66 bits per heavy atom. The number of aromatic amines is 1. The number of fused-ring (bicyclic) bond motifs is 1. The van der Waals surface area contributed by atoms with E-state index in [4.69, 9.17) is 9.52 Å². The number of aryl methyl sites for hydroxylation is 2. The second-order valence-electron chi connectivity index (χ2n) is 8.00. The van der Waals surface area contributed by atoms with Crippen LogP contribution in [-0.2, 0) is 27.3 Å². The Morgan fingerprint density at radius 2 is 1.91 bits per heavy atom. The van der Waals surface area contributed by atoms with E-state index < -0.39 is 21.2 Å². The molecule has 2 aromatic rings. The average molecular weight is 457 g/mol. The fraction of sp³-hybridized carbons (Fsp3) is 0.391. The van der Waals surface area contributed by atoms with E-state index in [2.05, 4.69) is 15.2 Å². The van der Waals surface area contributed by atoms with Crippen molar-refractivity contribution < 1.29 is 13.7 Å². The van der Waals surface area contributed by atoms with Crippen molar-refractivity contribution in [1.29, 1.82) is 4.78 Å². The maximum Gasteiger partial charge on any atom is 0.261 e. The summed E-state index contributed by atoms with van der Waals surface area (Å²) in [6.07, 6.45) is 5.28. The van der Waals surface area contributed by atoms with E-state index in [0.717, 1.165) is 55.7 Å². The van der Waals surface area contributed by atoms with Crippen LogP contribution in [0.3, 0.4) is 0 Å². The molecule has 0 bridgehead atoms. The molecule has 1 aliphatic heterocycles. The number of nitrogens with zero attached hydrogens (tertiary/aromatic N) is 1. The van der Waals surface area contributed by atoms with Gasteiger partial charge in [-0.2, -0.15) is 0 Å². The monoisotopic (exact) mass is 456 g/mol. The Balaban J connectivity index is 1.36. The van der Waals surface area contributed by atoms with Gasteiger partial charge in [-0.25, -0.2) is 8.99 Å². The Labute approximate surface area is 187 Å². The van der Waals surface area contributed by atoms with Crippen LogP contribution < -0.4 is 15.8 Å². The van der Waals surface area contributed by atoms with E-state index in [1.807, 2.05) is 12.1 Å². The predicted molar refractivity (Wildman–Crippen MR) is 124 cm³/mol. The number of hydrogen-bond acceptors (Lipinski definition) is 6. The van der Waals surface area contributed by atoms with Gasteiger partial charge in [-0.05, 0) is 61.6 Å². The summed E-state index contributed by atoms with van der Waals surface area (Å²) >= 11 is 0. The van der Waals surface area contributed by atoms with Crippen LogP contribution in [0, 0.1) is 4.78 Å². The van der Waals surface area contributed by atoms with Crippen LogP contribution in [0.2, 0.25) is 0 Å². The number of rotatable bonds is 6. The molecule has 32 heavy (non-hydrogen) atoms. The summed E-state index contributed by atoms with van der Waals surface area (Å²) in [5, 5.41) is 3.95. The van der Waals surface area contributed by atoms with Gasteiger partial charge in [0, 0.05) is 36.4 Å². The highest BCUT2D eigenvalue weighted by Crippen LogP contribution is 2.21. The normalized spacial score (nSPS) is 18.2. The molecule has 1 aromatic heterocycles. The first-order chi connectivity index (χ1) is 15.4. The number of hydrogen-bond donors (Lipinski definition) is 3. The third-order valence-corrected chi connectivity index (χ3v) is 7.36. The van der Waals surface area contributed by atoms with Crippen LogP contribution >= 0.6 is 0 Å². The summed E-state index contributed by atoms with van der Waals surface area (Å²) in [6.45, 7) is 3.06. The van der Waals surface area contributed by atoms with Crippen molar-refractivity contribution in [3.8, 4) is 0 Å². The summed E-state index contributed by atoms with van der Waals surface area (Å²) in [5.41, 5.74) is 2.65. The number of morpholine rings is 1. The van der Waals surface area contributed by atoms with Crippen LogP contribution in [0.15, 0.2) is 51.5 Å². The smallest absolute Gasteiger partial charge is 0.261 e. The number of ether oxygens (including phenoxy) is 1. The zero-order valence-corrected chi connectivity index (χ0v) is 18.7. The predicted octanol–water partition coefficient (Wildman–Crippen LogP) is 2.44. The number of nitrogens with one attached hydrogen (secondary N) is 3. The molecule has 1 atom stereocenters. The lowest BCUT2D eigenvalue weighted by Crippen LogP contribution is -2.36. The van der Waals surface area contributed by atoms with E-state index >= 15 is 0 Å². The molecule has 3 N–H and O–H groups in total.